The number of hydrogen-bond acceptors (Lipinski definition) is 4. The molecule has 0 aliphatic carbocycles. The molecule has 132 valence electrons. The van der Waals surface area contributed by atoms with Gasteiger partial charge in [0, 0.05) is 34.4 Å². The van der Waals surface area contributed by atoms with Crippen molar-refractivity contribution in [2.24, 2.45) is 0 Å². The van der Waals surface area contributed by atoms with Crippen LogP contribution >= 0.6 is 11.8 Å². The molecule has 3 nitrogen and oxygen atoms in total. The van der Waals surface area contributed by atoms with E-state index >= 15 is 0 Å². The highest BCUT2D eigenvalue weighted by molar-refractivity contribution is 7.99. The molecule has 2 atom stereocenters. The number of halogens is 1. The van der Waals surface area contributed by atoms with Gasteiger partial charge in [0.15, 0.2) is 0 Å². The van der Waals surface area contributed by atoms with E-state index in [4.69, 9.17) is 4.74 Å². The maximum absolute atomic E-state index is 13.7. The maximum Gasteiger partial charge on any atom is 0.125 e. The van der Waals surface area contributed by atoms with E-state index in [9.17, 15) is 4.39 Å². The molecule has 0 amide bonds. The lowest BCUT2D eigenvalue weighted by atomic mass is 9.90. The van der Waals surface area contributed by atoms with Gasteiger partial charge >= 0.3 is 0 Å². The van der Waals surface area contributed by atoms with Crippen molar-refractivity contribution < 1.29 is 9.13 Å². The third-order valence-corrected chi connectivity index (χ3v) is 6.35. The van der Waals surface area contributed by atoms with Gasteiger partial charge in [-0.3, -0.25) is 0 Å². The number of hydrogen-bond donors (Lipinski definition) is 1. The van der Waals surface area contributed by atoms with Gasteiger partial charge in [0.2, 0.25) is 0 Å². The second-order valence-corrected chi connectivity index (χ2v) is 8.08. The first-order chi connectivity index (χ1) is 12.0. The summed E-state index contributed by atoms with van der Waals surface area (Å²) in [5, 5.41) is 3.62. The molecule has 2 unspecified atom stereocenters. The fourth-order valence-electron chi connectivity index (χ4n) is 3.69. The van der Waals surface area contributed by atoms with Crippen molar-refractivity contribution in [1.82, 2.24) is 4.90 Å². The standard InChI is InChI=1S/C20H23FN2OS/c1-12-4-7-17(24-9-8-23(2)3)18-19-15(11-25-20(12)18)14-10-13(21)5-6-16(14)22-19/h4-7,10,15,19,22H,8-9,11H2,1-3H3. The fourth-order valence-corrected chi connectivity index (χ4v) is 5.09. The number of anilines is 1. The van der Waals surface area contributed by atoms with Crippen LogP contribution in [0.2, 0.25) is 0 Å². The van der Waals surface area contributed by atoms with Crippen molar-refractivity contribution in [3.63, 3.8) is 0 Å². The number of nitrogens with zero attached hydrogens (tertiary/aromatic N) is 1. The highest BCUT2D eigenvalue weighted by atomic mass is 32.2. The lowest BCUT2D eigenvalue weighted by Gasteiger charge is -2.31. The Morgan fingerprint density at radius 1 is 1.28 bits per heavy atom. The van der Waals surface area contributed by atoms with Gasteiger partial charge < -0.3 is 15.0 Å². The lowest BCUT2D eigenvalue weighted by Crippen LogP contribution is -2.23. The second kappa shape index (κ2) is 6.54. The van der Waals surface area contributed by atoms with E-state index in [-0.39, 0.29) is 17.8 Å². The minimum Gasteiger partial charge on any atom is -0.492 e. The van der Waals surface area contributed by atoms with Gasteiger partial charge in [-0.1, -0.05) is 6.07 Å². The van der Waals surface area contributed by atoms with Crippen LogP contribution in [0.15, 0.2) is 35.2 Å². The fraction of sp³-hybridized carbons (Fsp3) is 0.400. The zero-order valence-electron chi connectivity index (χ0n) is 14.8. The Morgan fingerprint density at radius 2 is 2.12 bits per heavy atom. The Labute approximate surface area is 152 Å². The van der Waals surface area contributed by atoms with E-state index in [0.29, 0.717) is 6.61 Å². The Bertz CT molecular complexity index is 809. The molecule has 2 aliphatic heterocycles. The molecule has 0 radical (unpaired) electrons. The molecule has 0 aromatic heterocycles. The first kappa shape index (κ1) is 16.7. The highest BCUT2D eigenvalue weighted by Crippen LogP contribution is 2.55. The molecule has 0 fully saturated rings. The molecule has 25 heavy (non-hydrogen) atoms. The first-order valence-corrected chi connectivity index (χ1v) is 9.63. The van der Waals surface area contributed by atoms with E-state index in [2.05, 4.69) is 29.3 Å². The number of likely N-dealkylation sites (N-methyl/N-ethyl adjacent to an activating group) is 1. The van der Waals surface area contributed by atoms with Gasteiger partial charge in [0.1, 0.15) is 18.2 Å². The van der Waals surface area contributed by atoms with E-state index in [1.165, 1.54) is 22.1 Å². The number of thioether (sulfide) groups is 1. The van der Waals surface area contributed by atoms with Crippen molar-refractivity contribution in [2.75, 3.05) is 38.3 Å². The summed E-state index contributed by atoms with van der Waals surface area (Å²) in [6.45, 7) is 3.69. The van der Waals surface area contributed by atoms with Crippen molar-refractivity contribution in [3.05, 3.63) is 52.8 Å². The summed E-state index contributed by atoms with van der Waals surface area (Å²) in [5.74, 6) is 2.03. The summed E-state index contributed by atoms with van der Waals surface area (Å²) in [4.78, 5) is 3.43. The SMILES string of the molecule is Cc1ccc(OCCN(C)C)c2c1SCC1c3cc(F)ccc3NC21. The Morgan fingerprint density at radius 3 is 2.92 bits per heavy atom. The summed E-state index contributed by atoms with van der Waals surface area (Å²) in [7, 11) is 4.09. The van der Waals surface area contributed by atoms with E-state index in [1.807, 2.05) is 31.9 Å². The third kappa shape index (κ3) is 3.00. The molecule has 0 spiro atoms. The summed E-state index contributed by atoms with van der Waals surface area (Å²) >= 11 is 1.86. The average Bonchev–Trinajstić information content (AvgIpc) is 2.94. The zero-order chi connectivity index (χ0) is 17.6. The molecule has 2 heterocycles. The van der Waals surface area contributed by atoms with Crippen molar-refractivity contribution in [3.8, 4) is 5.75 Å². The van der Waals surface area contributed by atoms with Crippen molar-refractivity contribution in [2.45, 2.75) is 23.8 Å². The summed E-state index contributed by atoms with van der Waals surface area (Å²) in [6.07, 6.45) is 0. The Hall–Kier alpha value is -1.72. The number of benzene rings is 2. The molecule has 1 N–H and O–H groups in total. The molecule has 2 aromatic rings. The number of ether oxygens (including phenoxy) is 1. The predicted octanol–water partition coefficient (Wildman–Crippen LogP) is 4.43. The van der Waals surface area contributed by atoms with Crippen LogP contribution in [0.1, 0.15) is 28.7 Å². The van der Waals surface area contributed by atoms with Crippen LogP contribution in [-0.4, -0.2) is 37.9 Å². The smallest absolute Gasteiger partial charge is 0.125 e. The first-order valence-electron chi connectivity index (χ1n) is 8.64. The average molecular weight is 358 g/mol. The van der Waals surface area contributed by atoms with Crippen molar-refractivity contribution in [1.29, 1.82) is 0 Å². The van der Waals surface area contributed by atoms with Crippen LogP contribution in [0.25, 0.3) is 0 Å². The van der Waals surface area contributed by atoms with Gasteiger partial charge in [0.25, 0.3) is 0 Å². The molecule has 5 heteroatoms. The maximum atomic E-state index is 13.7. The summed E-state index contributed by atoms with van der Waals surface area (Å²) in [6, 6.07) is 9.44. The molecule has 0 saturated heterocycles. The minimum atomic E-state index is -0.163. The Kier molecular flexibility index (Phi) is 4.38. The van der Waals surface area contributed by atoms with Crippen LogP contribution in [0.3, 0.4) is 0 Å². The highest BCUT2D eigenvalue weighted by Gasteiger charge is 2.40. The number of aryl methyl sites for hydroxylation is 1. The molecule has 4 rings (SSSR count). The zero-order valence-corrected chi connectivity index (χ0v) is 15.6. The van der Waals surface area contributed by atoms with Gasteiger partial charge in [0.05, 0.1) is 6.04 Å². The molecular weight excluding hydrogens is 335 g/mol. The number of fused-ring (bicyclic) bond motifs is 5. The minimum absolute atomic E-state index is 0.155. The monoisotopic (exact) mass is 358 g/mol. The van der Waals surface area contributed by atoms with Crippen LogP contribution in [0.5, 0.6) is 5.75 Å². The van der Waals surface area contributed by atoms with Crippen LogP contribution in [0, 0.1) is 12.7 Å². The van der Waals surface area contributed by atoms with Gasteiger partial charge in [-0.05, 0) is 56.4 Å². The summed E-state index contributed by atoms with van der Waals surface area (Å²) in [5.41, 5.74) is 4.65. The molecular formula is C20H23FN2OS. The summed E-state index contributed by atoms with van der Waals surface area (Å²) < 4.78 is 19.9. The van der Waals surface area contributed by atoms with Gasteiger partial charge in [-0.15, -0.1) is 11.8 Å². The normalized spacial score (nSPS) is 20.7. The van der Waals surface area contributed by atoms with Gasteiger partial charge in [-0.25, -0.2) is 4.39 Å². The van der Waals surface area contributed by atoms with E-state index in [1.54, 1.807) is 6.07 Å². The quantitative estimate of drug-likeness (QED) is 0.874. The second-order valence-electron chi connectivity index (χ2n) is 7.05. The largest absolute Gasteiger partial charge is 0.492 e. The van der Waals surface area contributed by atoms with E-state index < -0.39 is 0 Å². The lowest BCUT2D eigenvalue weighted by molar-refractivity contribution is 0.257. The molecule has 2 aromatic carbocycles. The Balaban J connectivity index is 1.70. The van der Waals surface area contributed by atoms with E-state index in [0.717, 1.165) is 29.3 Å². The van der Waals surface area contributed by atoms with Gasteiger partial charge in [-0.2, -0.15) is 0 Å². The molecule has 0 saturated carbocycles. The predicted molar refractivity (Wildman–Crippen MR) is 101 cm³/mol. The number of nitrogens with one attached hydrogen (secondary N) is 1. The van der Waals surface area contributed by atoms with Crippen LogP contribution in [0.4, 0.5) is 10.1 Å². The molecule has 0 bridgehead atoms. The van der Waals surface area contributed by atoms with Crippen molar-refractivity contribution >= 4 is 17.4 Å². The van der Waals surface area contributed by atoms with Crippen LogP contribution in [-0.2, 0) is 0 Å². The molecule has 2 aliphatic rings. The topological polar surface area (TPSA) is 24.5 Å². The van der Waals surface area contributed by atoms with Crippen LogP contribution < -0.4 is 10.1 Å². The third-order valence-electron chi connectivity index (χ3n) is 4.99. The number of rotatable bonds is 4.